The molecule has 2 rings (SSSR count). The van der Waals surface area contributed by atoms with Crippen LogP contribution in [-0.2, 0) is 11.2 Å². The third-order valence-electron chi connectivity index (χ3n) is 3.72. The Morgan fingerprint density at radius 2 is 2.32 bits per heavy atom. The van der Waals surface area contributed by atoms with Crippen LogP contribution in [0.2, 0.25) is 0 Å². The molecule has 104 valence electrons. The SMILES string of the molecule is CC1(C)CNCCC1NC(=O)Cc1cccc(F)c1. The average Bonchev–Trinajstić information content (AvgIpc) is 2.32. The molecular weight excluding hydrogens is 243 g/mol. The van der Waals surface area contributed by atoms with Crippen LogP contribution in [0, 0.1) is 11.2 Å². The molecule has 0 radical (unpaired) electrons. The van der Waals surface area contributed by atoms with Crippen LogP contribution in [0.1, 0.15) is 25.8 Å². The molecule has 1 aromatic carbocycles. The molecule has 1 aromatic rings. The first-order valence-corrected chi connectivity index (χ1v) is 6.72. The van der Waals surface area contributed by atoms with E-state index in [0.29, 0.717) is 5.56 Å². The summed E-state index contributed by atoms with van der Waals surface area (Å²) >= 11 is 0. The van der Waals surface area contributed by atoms with E-state index in [2.05, 4.69) is 24.5 Å². The number of benzene rings is 1. The summed E-state index contributed by atoms with van der Waals surface area (Å²) < 4.78 is 13.1. The highest BCUT2D eigenvalue weighted by Crippen LogP contribution is 2.25. The predicted octanol–water partition coefficient (Wildman–Crippen LogP) is 1.87. The van der Waals surface area contributed by atoms with Crippen LogP contribution in [0.4, 0.5) is 4.39 Å². The maximum atomic E-state index is 13.1. The second-order valence-corrected chi connectivity index (χ2v) is 5.88. The number of hydrogen-bond donors (Lipinski definition) is 2. The first-order valence-electron chi connectivity index (χ1n) is 6.72. The Bertz CT molecular complexity index is 459. The smallest absolute Gasteiger partial charge is 0.224 e. The third kappa shape index (κ3) is 3.77. The fourth-order valence-electron chi connectivity index (χ4n) is 2.52. The molecule has 0 spiro atoms. The molecule has 1 heterocycles. The van der Waals surface area contributed by atoms with Crippen LogP contribution < -0.4 is 10.6 Å². The largest absolute Gasteiger partial charge is 0.352 e. The first-order chi connectivity index (χ1) is 8.97. The summed E-state index contributed by atoms with van der Waals surface area (Å²) in [4.78, 5) is 12.0. The van der Waals surface area contributed by atoms with Crippen molar-refractivity contribution in [3.05, 3.63) is 35.6 Å². The molecule has 0 bridgehead atoms. The Labute approximate surface area is 113 Å². The summed E-state index contributed by atoms with van der Waals surface area (Å²) in [5, 5.41) is 6.41. The van der Waals surface area contributed by atoms with Gasteiger partial charge in [-0.3, -0.25) is 4.79 Å². The fourth-order valence-corrected chi connectivity index (χ4v) is 2.52. The van der Waals surface area contributed by atoms with Crippen LogP contribution in [0.3, 0.4) is 0 Å². The van der Waals surface area contributed by atoms with E-state index in [1.54, 1.807) is 12.1 Å². The third-order valence-corrected chi connectivity index (χ3v) is 3.72. The number of rotatable bonds is 3. The van der Waals surface area contributed by atoms with Gasteiger partial charge in [-0.15, -0.1) is 0 Å². The molecule has 1 aliphatic rings. The summed E-state index contributed by atoms with van der Waals surface area (Å²) in [7, 11) is 0. The van der Waals surface area contributed by atoms with Crippen molar-refractivity contribution in [2.45, 2.75) is 32.7 Å². The van der Waals surface area contributed by atoms with Crippen molar-refractivity contribution in [3.63, 3.8) is 0 Å². The number of hydrogen-bond acceptors (Lipinski definition) is 2. The van der Waals surface area contributed by atoms with Crippen molar-refractivity contribution >= 4 is 5.91 Å². The van der Waals surface area contributed by atoms with Gasteiger partial charge in [0.15, 0.2) is 0 Å². The normalized spacial score (nSPS) is 21.9. The summed E-state index contributed by atoms with van der Waals surface area (Å²) in [6.45, 7) is 6.12. The van der Waals surface area contributed by atoms with Crippen LogP contribution >= 0.6 is 0 Å². The van der Waals surface area contributed by atoms with Crippen molar-refractivity contribution in [2.75, 3.05) is 13.1 Å². The minimum atomic E-state index is -0.299. The molecule has 0 aliphatic carbocycles. The standard InChI is InChI=1S/C15H21FN2O/c1-15(2)10-17-7-6-13(15)18-14(19)9-11-4-3-5-12(16)8-11/h3-5,8,13,17H,6-7,9-10H2,1-2H3,(H,18,19). The van der Waals surface area contributed by atoms with Crippen molar-refractivity contribution in [3.8, 4) is 0 Å². The van der Waals surface area contributed by atoms with Gasteiger partial charge in [0, 0.05) is 12.6 Å². The quantitative estimate of drug-likeness (QED) is 0.875. The van der Waals surface area contributed by atoms with Gasteiger partial charge in [-0.25, -0.2) is 4.39 Å². The monoisotopic (exact) mass is 264 g/mol. The zero-order chi connectivity index (χ0) is 13.9. The van der Waals surface area contributed by atoms with Crippen LogP contribution in [-0.4, -0.2) is 25.0 Å². The lowest BCUT2D eigenvalue weighted by atomic mass is 9.80. The second-order valence-electron chi connectivity index (χ2n) is 5.88. The Morgan fingerprint density at radius 3 is 3.00 bits per heavy atom. The molecule has 3 nitrogen and oxygen atoms in total. The fraction of sp³-hybridized carbons (Fsp3) is 0.533. The molecule has 0 saturated carbocycles. The Kier molecular flexibility index (Phi) is 4.20. The highest BCUT2D eigenvalue weighted by atomic mass is 19.1. The Morgan fingerprint density at radius 1 is 1.53 bits per heavy atom. The maximum Gasteiger partial charge on any atom is 0.224 e. The van der Waals surface area contributed by atoms with E-state index in [1.165, 1.54) is 12.1 Å². The topological polar surface area (TPSA) is 41.1 Å². The average molecular weight is 264 g/mol. The molecule has 0 aromatic heterocycles. The van der Waals surface area contributed by atoms with Gasteiger partial charge in [0.1, 0.15) is 5.82 Å². The molecule has 1 unspecified atom stereocenters. The highest BCUT2D eigenvalue weighted by molar-refractivity contribution is 5.78. The van der Waals surface area contributed by atoms with Gasteiger partial charge < -0.3 is 10.6 Å². The number of piperidine rings is 1. The van der Waals surface area contributed by atoms with E-state index in [4.69, 9.17) is 0 Å². The molecule has 1 fully saturated rings. The molecule has 1 atom stereocenters. The zero-order valence-corrected chi connectivity index (χ0v) is 11.5. The predicted molar refractivity (Wildman–Crippen MR) is 73.3 cm³/mol. The minimum Gasteiger partial charge on any atom is -0.352 e. The van der Waals surface area contributed by atoms with Crippen molar-refractivity contribution in [1.29, 1.82) is 0 Å². The van der Waals surface area contributed by atoms with Gasteiger partial charge in [0.25, 0.3) is 0 Å². The molecular formula is C15H21FN2O. The van der Waals surface area contributed by atoms with Crippen LogP contribution in [0.25, 0.3) is 0 Å². The number of nitrogens with one attached hydrogen (secondary N) is 2. The summed E-state index contributed by atoms with van der Waals surface area (Å²) in [6.07, 6.45) is 1.17. The lowest BCUT2D eigenvalue weighted by Crippen LogP contribution is -2.54. The number of halogens is 1. The van der Waals surface area contributed by atoms with E-state index in [0.717, 1.165) is 19.5 Å². The number of carbonyl (C=O) groups excluding carboxylic acids is 1. The van der Waals surface area contributed by atoms with Crippen molar-refractivity contribution in [2.24, 2.45) is 5.41 Å². The van der Waals surface area contributed by atoms with Crippen molar-refractivity contribution in [1.82, 2.24) is 10.6 Å². The molecule has 1 aliphatic heterocycles. The second kappa shape index (κ2) is 5.70. The lowest BCUT2D eigenvalue weighted by molar-refractivity contribution is -0.122. The molecule has 2 N–H and O–H groups in total. The summed E-state index contributed by atoms with van der Waals surface area (Å²) in [6, 6.07) is 6.38. The first kappa shape index (κ1) is 14.0. The van der Waals surface area contributed by atoms with Gasteiger partial charge in [-0.2, -0.15) is 0 Å². The van der Waals surface area contributed by atoms with Crippen molar-refractivity contribution < 1.29 is 9.18 Å². The van der Waals surface area contributed by atoms with E-state index in [9.17, 15) is 9.18 Å². The van der Waals surface area contributed by atoms with Crippen LogP contribution in [0.15, 0.2) is 24.3 Å². The molecule has 1 saturated heterocycles. The molecule has 4 heteroatoms. The van der Waals surface area contributed by atoms with E-state index in [-0.39, 0.29) is 29.6 Å². The summed E-state index contributed by atoms with van der Waals surface area (Å²) in [5.74, 6) is -0.335. The molecule has 1 amide bonds. The Balaban J connectivity index is 1.94. The van der Waals surface area contributed by atoms with E-state index < -0.39 is 0 Å². The summed E-state index contributed by atoms with van der Waals surface area (Å²) in [5.41, 5.74) is 0.764. The maximum absolute atomic E-state index is 13.1. The van der Waals surface area contributed by atoms with Gasteiger partial charge in [0.2, 0.25) is 5.91 Å². The Hall–Kier alpha value is -1.42. The van der Waals surface area contributed by atoms with E-state index >= 15 is 0 Å². The van der Waals surface area contributed by atoms with Gasteiger partial charge in [0.05, 0.1) is 6.42 Å². The minimum absolute atomic E-state index is 0.0365. The number of carbonyl (C=O) groups is 1. The van der Waals surface area contributed by atoms with Gasteiger partial charge >= 0.3 is 0 Å². The van der Waals surface area contributed by atoms with Gasteiger partial charge in [-0.1, -0.05) is 26.0 Å². The zero-order valence-electron chi connectivity index (χ0n) is 11.5. The lowest BCUT2D eigenvalue weighted by Gasteiger charge is -2.39. The number of amides is 1. The van der Waals surface area contributed by atoms with Gasteiger partial charge in [-0.05, 0) is 36.1 Å². The molecule has 19 heavy (non-hydrogen) atoms. The van der Waals surface area contributed by atoms with Crippen LogP contribution in [0.5, 0.6) is 0 Å². The van der Waals surface area contributed by atoms with E-state index in [1.807, 2.05) is 0 Å². The highest BCUT2D eigenvalue weighted by Gasteiger charge is 2.32.